The van der Waals surface area contributed by atoms with Gasteiger partial charge in [0.2, 0.25) is 0 Å². The fourth-order valence-electron chi connectivity index (χ4n) is 2.08. The second kappa shape index (κ2) is 6.00. The Hall–Kier alpha value is 0.110. The number of rotatable bonds is 2. The summed E-state index contributed by atoms with van der Waals surface area (Å²) in [5, 5.41) is 0.257. The quantitative estimate of drug-likeness (QED) is 0.739. The van der Waals surface area contributed by atoms with Gasteiger partial charge in [-0.1, -0.05) is 12.5 Å². The van der Waals surface area contributed by atoms with E-state index in [-0.39, 0.29) is 5.25 Å². The number of carbonyl (C=O) groups excluding carboxylic acids is 1. The smallest absolute Gasteiger partial charge is 0.172 e. The van der Waals surface area contributed by atoms with Gasteiger partial charge in [-0.05, 0) is 31.3 Å². The van der Waals surface area contributed by atoms with Crippen molar-refractivity contribution in [2.45, 2.75) is 37.4 Å². The van der Waals surface area contributed by atoms with Crippen molar-refractivity contribution in [2.24, 2.45) is 0 Å². The van der Waals surface area contributed by atoms with Crippen molar-refractivity contribution >= 4 is 29.3 Å². The molecule has 0 radical (unpaired) electrons. The van der Waals surface area contributed by atoms with Gasteiger partial charge < -0.3 is 0 Å². The van der Waals surface area contributed by atoms with Crippen molar-refractivity contribution in [2.75, 3.05) is 17.3 Å². The molecule has 84 valence electrons. The van der Waals surface area contributed by atoms with Gasteiger partial charge in [-0.3, -0.25) is 4.79 Å². The van der Waals surface area contributed by atoms with Crippen LogP contribution in [0.3, 0.4) is 0 Å². The lowest BCUT2D eigenvalue weighted by Crippen LogP contribution is -2.25. The highest BCUT2D eigenvalue weighted by Crippen LogP contribution is 2.29. The maximum atomic E-state index is 12.2. The van der Waals surface area contributed by atoms with Crippen molar-refractivity contribution in [3.8, 4) is 0 Å². The molecule has 0 aromatic rings. The van der Waals surface area contributed by atoms with E-state index in [0.717, 1.165) is 29.9 Å². The van der Waals surface area contributed by atoms with Crippen molar-refractivity contribution in [3.63, 3.8) is 0 Å². The third-order valence-electron chi connectivity index (χ3n) is 2.97. The Morgan fingerprint density at radius 3 is 3.00 bits per heavy atom. The van der Waals surface area contributed by atoms with Gasteiger partial charge in [-0.15, -0.1) is 11.8 Å². The van der Waals surface area contributed by atoms with Crippen LogP contribution >= 0.6 is 23.5 Å². The minimum Gasteiger partial charge on any atom is -0.293 e. The van der Waals surface area contributed by atoms with Crippen molar-refractivity contribution in [1.82, 2.24) is 0 Å². The summed E-state index contributed by atoms with van der Waals surface area (Å²) in [6.07, 6.45) is 8.12. The number of Topliss-reactive ketones (excluding diaryl/α,β-unsaturated/α-hetero) is 1. The van der Waals surface area contributed by atoms with Gasteiger partial charge in [0, 0.05) is 17.3 Å². The predicted octanol–water partition coefficient (Wildman–Crippen LogP) is 3.29. The van der Waals surface area contributed by atoms with E-state index in [9.17, 15) is 4.79 Å². The van der Waals surface area contributed by atoms with Crippen LogP contribution in [-0.4, -0.2) is 28.3 Å². The summed E-state index contributed by atoms with van der Waals surface area (Å²) in [6.45, 7) is 0. The van der Waals surface area contributed by atoms with Gasteiger partial charge in [0.05, 0.1) is 5.25 Å². The Labute approximate surface area is 100 Å². The fourth-order valence-corrected chi connectivity index (χ4v) is 4.73. The number of hydrogen-bond donors (Lipinski definition) is 0. The minimum absolute atomic E-state index is 0.257. The first kappa shape index (κ1) is 11.6. The summed E-state index contributed by atoms with van der Waals surface area (Å²) in [4.78, 5) is 12.2. The van der Waals surface area contributed by atoms with Crippen LogP contribution in [0.2, 0.25) is 0 Å². The Morgan fingerprint density at radius 2 is 2.20 bits per heavy atom. The first-order valence-corrected chi connectivity index (χ1v) is 8.01. The first-order valence-electron chi connectivity index (χ1n) is 5.80. The SMILES string of the molecule is O=C(C1=CCCCCC1)C1CSCCS1. The molecule has 1 unspecified atom stereocenters. The zero-order valence-corrected chi connectivity index (χ0v) is 10.7. The molecule has 0 aromatic heterocycles. The maximum absolute atomic E-state index is 12.2. The molecule has 1 atom stereocenters. The molecule has 2 rings (SSSR count). The summed E-state index contributed by atoms with van der Waals surface area (Å²) in [5.41, 5.74) is 1.13. The van der Waals surface area contributed by atoms with E-state index < -0.39 is 0 Å². The molecule has 1 heterocycles. The highest BCUT2D eigenvalue weighted by molar-refractivity contribution is 8.07. The van der Waals surface area contributed by atoms with Crippen molar-refractivity contribution < 1.29 is 4.79 Å². The number of hydrogen-bond acceptors (Lipinski definition) is 3. The van der Waals surface area contributed by atoms with Crippen LogP contribution in [0.4, 0.5) is 0 Å². The second-order valence-electron chi connectivity index (χ2n) is 4.13. The predicted molar refractivity (Wildman–Crippen MR) is 69.7 cm³/mol. The van der Waals surface area contributed by atoms with E-state index in [2.05, 4.69) is 6.08 Å². The highest BCUT2D eigenvalue weighted by atomic mass is 32.2. The topological polar surface area (TPSA) is 17.1 Å². The van der Waals surface area contributed by atoms with E-state index in [1.807, 2.05) is 23.5 Å². The zero-order valence-electron chi connectivity index (χ0n) is 9.04. The molecule has 1 saturated heterocycles. The average Bonchev–Trinajstić information content (AvgIpc) is 2.58. The number of thioether (sulfide) groups is 2. The normalized spacial score (nSPS) is 28.0. The molecule has 1 aliphatic carbocycles. The Kier molecular flexibility index (Phi) is 4.63. The molecule has 3 heteroatoms. The maximum Gasteiger partial charge on any atom is 0.172 e. The first-order chi connectivity index (χ1) is 7.38. The van der Waals surface area contributed by atoms with Gasteiger partial charge in [0.25, 0.3) is 0 Å². The fraction of sp³-hybridized carbons (Fsp3) is 0.750. The van der Waals surface area contributed by atoms with E-state index in [4.69, 9.17) is 0 Å². The minimum atomic E-state index is 0.257. The van der Waals surface area contributed by atoms with Crippen molar-refractivity contribution in [1.29, 1.82) is 0 Å². The highest BCUT2D eigenvalue weighted by Gasteiger charge is 2.24. The van der Waals surface area contributed by atoms with Gasteiger partial charge in [0.15, 0.2) is 5.78 Å². The molecular formula is C12H18OS2. The summed E-state index contributed by atoms with van der Waals surface area (Å²) >= 11 is 3.79. The molecule has 15 heavy (non-hydrogen) atoms. The van der Waals surface area contributed by atoms with Crippen LogP contribution in [0.15, 0.2) is 11.6 Å². The van der Waals surface area contributed by atoms with Crippen molar-refractivity contribution in [3.05, 3.63) is 11.6 Å². The third-order valence-corrected chi connectivity index (χ3v) is 5.72. The summed E-state index contributed by atoms with van der Waals surface area (Å²) < 4.78 is 0. The molecule has 0 saturated carbocycles. The van der Waals surface area contributed by atoms with Crippen LogP contribution in [-0.2, 0) is 4.79 Å². The molecule has 0 spiro atoms. The number of allylic oxidation sites excluding steroid dienone is 2. The molecule has 1 fully saturated rings. The van der Waals surface area contributed by atoms with E-state index >= 15 is 0 Å². The average molecular weight is 242 g/mol. The van der Waals surface area contributed by atoms with E-state index in [1.54, 1.807) is 0 Å². The van der Waals surface area contributed by atoms with Crippen LogP contribution < -0.4 is 0 Å². The van der Waals surface area contributed by atoms with Crippen LogP contribution in [0.25, 0.3) is 0 Å². The zero-order chi connectivity index (χ0) is 10.5. The molecule has 0 bridgehead atoms. The van der Waals surface area contributed by atoms with Crippen LogP contribution in [0, 0.1) is 0 Å². The molecule has 1 nitrogen and oxygen atoms in total. The Balaban J connectivity index is 1.95. The molecular weight excluding hydrogens is 224 g/mol. The molecule has 0 N–H and O–H groups in total. The lowest BCUT2D eigenvalue weighted by Gasteiger charge is -2.20. The monoisotopic (exact) mass is 242 g/mol. The van der Waals surface area contributed by atoms with Crippen LogP contribution in [0.5, 0.6) is 0 Å². The standard InChI is InChI=1S/C12H18OS2/c13-12(11-9-14-7-8-15-11)10-5-3-1-2-4-6-10/h5,11H,1-4,6-9H2. The molecule has 0 amide bonds. The molecule has 1 aliphatic heterocycles. The van der Waals surface area contributed by atoms with Gasteiger partial charge >= 0.3 is 0 Å². The van der Waals surface area contributed by atoms with Crippen LogP contribution in [0.1, 0.15) is 32.1 Å². The van der Waals surface area contributed by atoms with E-state index in [1.165, 1.54) is 25.0 Å². The molecule has 2 aliphatic rings. The lowest BCUT2D eigenvalue weighted by molar-refractivity contribution is -0.114. The Bertz CT molecular complexity index is 254. The second-order valence-corrected chi connectivity index (χ2v) is 6.59. The van der Waals surface area contributed by atoms with Gasteiger partial charge in [0.1, 0.15) is 0 Å². The Morgan fingerprint density at radius 1 is 1.27 bits per heavy atom. The largest absolute Gasteiger partial charge is 0.293 e. The summed E-state index contributed by atoms with van der Waals surface area (Å²) in [5.74, 6) is 3.83. The van der Waals surface area contributed by atoms with Gasteiger partial charge in [-0.25, -0.2) is 0 Å². The third kappa shape index (κ3) is 3.28. The lowest BCUT2D eigenvalue weighted by atomic mass is 10.0. The summed E-state index contributed by atoms with van der Waals surface area (Å²) in [6, 6.07) is 0. The van der Waals surface area contributed by atoms with Gasteiger partial charge in [-0.2, -0.15) is 11.8 Å². The number of carbonyl (C=O) groups is 1. The number of ketones is 1. The summed E-state index contributed by atoms with van der Waals surface area (Å²) in [7, 11) is 0. The van der Waals surface area contributed by atoms with E-state index in [0.29, 0.717) is 5.78 Å². The molecule has 0 aromatic carbocycles.